The number of hydrogen-bond acceptors (Lipinski definition) is 1. The first-order valence-electron chi connectivity index (χ1n) is 7.59. The monoisotopic (exact) mass is 308 g/mol. The molecule has 0 heterocycles. The van der Waals surface area contributed by atoms with Gasteiger partial charge in [-0.2, -0.15) is 0 Å². The molecule has 0 spiro atoms. The molecule has 0 atom stereocenters. The molecule has 0 saturated carbocycles. The van der Waals surface area contributed by atoms with E-state index in [4.69, 9.17) is 4.74 Å². The van der Waals surface area contributed by atoms with Crippen molar-refractivity contribution >= 4 is 18.8 Å². The zero-order chi connectivity index (χ0) is 16.2. The van der Waals surface area contributed by atoms with Gasteiger partial charge in [-0.15, -0.1) is 5.73 Å². The van der Waals surface area contributed by atoms with Gasteiger partial charge >= 0.3 is 0 Å². The predicted molar refractivity (Wildman–Crippen MR) is 98.8 cm³/mol. The summed E-state index contributed by atoms with van der Waals surface area (Å²) < 4.78 is 5.26. The summed E-state index contributed by atoms with van der Waals surface area (Å²) in [5.41, 5.74) is 7.34. The summed E-state index contributed by atoms with van der Waals surface area (Å²) in [6.07, 6.45) is 0. The largest absolute Gasteiger partial charge is 0.497 e. The van der Waals surface area contributed by atoms with Crippen LogP contribution in [0.1, 0.15) is 18.1 Å². The van der Waals surface area contributed by atoms with Gasteiger partial charge < -0.3 is 4.74 Å². The van der Waals surface area contributed by atoms with Gasteiger partial charge in [0.25, 0.3) is 0 Å². The van der Waals surface area contributed by atoms with Crippen molar-refractivity contribution in [2.75, 3.05) is 7.11 Å². The van der Waals surface area contributed by atoms with Crippen molar-refractivity contribution in [1.29, 1.82) is 0 Å². The van der Waals surface area contributed by atoms with Crippen LogP contribution in [-0.4, -0.2) is 15.2 Å². The molecule has 2 rings (SSSR count). The van der Waals surface area contributed by atoms with Gasteiger partial charge in [-0.05, 0) is 41.0 Å². The first-order valence-corrected chi connectivity index (χ1v) is 11.1. The van der Waals surface area contributed by atoms with E-state index in [1.165, 1.54) is 21.9 Å². The molecule has 2 aromatic carbocycles. The van der Waals surface area contributed by atoms with Crippen LogP contribution in [0.4, 0.5) is 0 Å². The Morgan fingerprint density at radius 2 is 1.45 bits per heavy atom. The molecule has 1 nitrogen and oxygen atoms in total. The first-order chi connectivity index (χ1) is 10.4. The number of allylic oxidation sites excluding steroid dienone is 1. The van der Waals surface area contributed by atoms with E-state index in [1.54, 1.807) is 7.11 Å². The number of ether oxygens (including phenoxy) is 1. The molecule has 0 aliphatic heterocycles. The highest BCUT2D eigenvalue weighted by molar-refractivity contribution is 6.93. The van der Waals surface area contributed by atoms with Crippen LogP contribution in [0.25, 0.3) is 10.8 Å². The quantitative estimate of drug-likeness (QED) is 0.523. The molecule has 0 N–H and O–H groups in total. The summed E-state index contributed by atoms with van der Waals surface area (Å²) in [5, 5.41) is 1.34. The topological polar surface area (TPSA) is 9.23 Å². The lowest BCUT2D eigenvalue weighted by Crippen LogP contribution is -2.22. The third kappa shape index (κ3) is 4.00. The van der Waals surface area contributed by atoms with Gasteiger partial charge in [0.15, 0.2) is 0 Å². The standard InChI is InChI=1S/C20H24OSi/c1-16(17-9-7-6-8-10-17)15-20(22(3,4)5)18-11-13-19(21-2)14-12-18/h6-14H,1-5H3. The van der Waals surface area contributed by atoms with E-state index in [-0.39, 0.29) is 0 Å². The van der Waals surface area contributed by atoms with Crippen molar-refractivity contribution in [3.8, 4) is 5.75 Å². The second-order valence-electron chi connectivity index (χ2n) is 6.47. The van der Waals surface area contributed by atoms with Gasteiger partial charge in [0.2, 0.25) is 0 Å². The van der Waals surface area contributed by atoms with Crippen molar-refractivity contribution in [3.05, 3.63) is 71.5 Å². The molecule has 2 heteroatoms. The Morgan fingerprint density at radius 1 is 0.864 bits per heavy atom. The molecule has 0 unspecified atom stereocenters. The van der Waals surface area contributed by atoms with Crippen LogP contribution in [0.15, 0.2) is 60.3 Å². The van der Waals surface area contributed by atoms with Crippen LogP contribution < -0.4 is 4.74 Å². The van der Waals surface area contributed by atoms with Crippen LogP contribution in [0.5, 0.6) is 5.75 Å². The second-order valence-corrected chi connectivity index (χ2v) is 11.5. The summed E-state index contributed by atoms with van der Waals surface area (Å²) in [4.78, 5) is 0. The molecule has 0 saturated heterocycles. The zero-order valence-corrected chi connectivity index (χ0v) is 15.1. The Bertz CT molecular complexity index is 685. The third-order valence-electron chi connectivity index (χ3n) is 3.65. The lowest BCUT2D eigenvalue weighted by molar-refractivity contribution is 0.415. The minimum Gasteiger partial charge on any atom is -0.497 e. The van der Waals surface area contributed by atoms with Gasteiger partial charge in [-0.3, -0.25) is 0 Å². The summed E-state index contributed by atoms with van der Waals surface area (Å²) >= 11 is 0. The molecular weight excluding hydrogens is 284 g/mol. The average Bonchev–Trinajstić information content (AvgIpc) is 2.52. The van der Waals surface area contributed by atoms with Crippen LogP contribution >= 0.6 is 0 Å². The van der Waals surface area contributed by atoms with Gasteiger partial charge in [-0.1, -0.05) is 62.1 Å². The maximum atomic E-state index is 5.26. The lowest BCUT2D eigenvalue weighted by Gasteiger charge is -2.20. The van der Waals surface area contributed by atoms with Gasteiger partial charge in [0.1, 0.15) is 5.75 Å². The minimum absolute atomic E-state index is 0.891. The fourth-order valence-electron chi connectivity index (χ4n) is 2.40. The molecule has 114 valence electrons. The van der Waals surface area contributed by atoms with E-state index in [0.717, 1.165) is 5.75 Å². The maximum absolute atomic E-state index is 5.26. The van der Waals surface area contributed by atoms with E-state index in [0.29, 0.717) is 0 Å². The number of methoxy groups -OCH3 is 1. The van der Waals surface area contributed by atoms with Crippen molar-refractivity contribution in [1.82, 2.24) is 0 Å². The van der Waals surface area contributed by atoms with Crippen LogP contribution in [0.3, 0.4) is 0 Å². The summed E-state index contributed by atoms with van der Waals surface area (Å²) in [6.45, 7) is 9.21. The van der Waals surface area contributed by atoms with Gasteiger partial charge in [0, 0.05) is 0 Å². The Balaban J connectivity index is 2.57. The van der Waals surface area contributed by atoms with E-state index in [2.05, 4.69) is 68.7 Å². The molecule has 0 radical (unpaired) electrons. The van der Waals surface area contributed by atoms with E-state index >= 15 is 0 Å². The molecular formula is C20H24OSi. The van der Waals surface area contributed by atoms with Gasteiger partial charge in [-0.25, -0.2) is 0 Å². The minimum atomic E-state index is -1.51. The van der Waals surface area contributed by atoms with E-state index in [1.807, 2.05) is 18.2 Å². The van der Waals surface area contributed by atoms with Gasteiger partial charge in [0.05, 0.1) is 15.2 Å². The van der Waals surface area contributed by atoms with Crippen LogP contribution in [0, 0.1) is 0 Å². The summed E-state index contributed by atoms with van der Waals surface area (Å²) in [5.74, 6) is 0.891. The maximum Gasteiger partial charge on any atom is 0.118 e. The predicted octanol–water partition coefficient (Wildman–Crippen LogP) is 5.66. The fourth-order valence-corrected chi connectivity index (χ4v) is 3.99. The molecule has 22 heavy (non-hydrogen) atoms. The fraction of sp³-hybridized carbons (Fsp3) is 0.250. The lowest BCUT2D eigenvalue weighted by atomic mass is 10.1. The second kappa shape index (κ2) is 6.82. The number of rotatable bonds is 4. The number of benzene rings is 2. The molecule has 0 aliphatic carbocycles. The molecule has 0 fully saturated rings. The highest BCUT2D eigenvalue weighted by atomic mass is 28.3. The Morgan fingerprint density at radius 3 is 1.95 bits per heavy atom. The van der Waals surface area contributed by atoms with Crippen molar-refractivity contribution < 1.29 is 4.74 Å². The Hall–Kier alpha value is -2.02. The van der Waals surface area contributed by atoms with Crippen LogP contribution in [-0.2, 0) is 0 Å². The molecule has 0 aliphatic rings. The highest BCUT2D eigenvalue weighted by Crippen LogP contribution is 2.28. The zero-order valence-electron chi connectivity index (χ0n) is 14.1. The molecule has 0 amide bonds. The van der Waals surface area contributed by atoms with Crippen LogP contribution in [0.2, 0.25) is 19.6 Å². The van der Waals surface area contributed by atoms with Crippen molar-refractivity contribution in [2.24, 2.45) is 0 Å². The molecule has 0 bridgehead atoms. The SMILES string of the molecule is COc1ccc(C(=C=C(C)c2ccccc2)[Si](C)(C)C)cc1. The van der Waals surface area contributed by atoms with Crippen molar-refractivity contribution in [2.45, 2.75) is 26.6 Å². The normalized spacial score (nSPS) is 10.8. The average molecular weight is 308 g/mol. The summed E-state index contributed by atoms with van der Waals surface area (Å²) in [7, 11) is 0.191. The first kappa shape index (κ1) is 16.3. The number of hydrogen-bond donors (Lipinski definition) is 0. The summed E-state index contributed by atoms with van der Waals surface area (Å²) in [6, 6.07) is 18.8. The molecule has 0 aromatic heterocycles. The Labute approximate surface area is 135 Å². The highest BCUT2D eigenvalue weighted by Gasteiger charge is 2.21. The van der Waals surface area contributed by atoms with E-state index < -0.39 is 8.07 Å². The molecule has 2 aromatic rings. The van der Waals surface area contributed by atoms with E-state index in [9.17, 15) is 0 Å². The van der Waals surface area contributed by atoms with Crippen molar-refractivity contribution in [3.63, 3.8) is 0 Å². The smallest absolute Gasteiger partial charge is 0.118 e. The Kier molecular flexibility index (Phi) is 5.07. The third-order valence-corrected chi connectivity index (χ3v) is 5.56.